The topological polar surface area (TPSA) is 67.2 Å². The van der Waals surface area contributed by atoms with E-state index in [1.165, 1.54) is 18.4 Å². The minimum Gasteiger partial charge on any atom is -0.351 e. The molecule has 6 heteroatoms. The molecule has 6 nitrogen and oxygen atoms in total. The second-order valence-corrected chi connectivity index (χ2v) is 11.0. The van der Waals surface area contributed by atoms with Gasteiger partial charge in [0.2, 0.25) is 5.91 Å². The number of nitrogens with one attached hydrogen (secondary N) is 1. The van der Waals surface area contributed by atoms with Crippen molar-refractivity contribution in [3.63, 3.8) is 0 Å². The van der Waals surface area contributed by atoms with Crippen molar-refractivity contribution in [2.24, 2.45) is 0 Å². The van der Waals surface area contributed by atoms with Gasteiger partial charge in [0.05, 0.1) is 12.2 Å². The van der Waals surface area contributed by atoms with Gasteiger partial charge in [-0.1, -0.05) is 62.9 Å². The maximum absolute atomic E-state index is 14.1. The third kappa shape index (κ3) is 4.81. The molecular formula is C31H38N4O2. The Kier molecular flexibility index (Phi) is 6.93. The number of carbonyl (C=O) groups excluding carboxylic acids is 2. The van der Waals surface area contributed by atoms with E-state index < -0.39 is 5.54 Å². The van der Waals surface area contributed by atoms with Gasteiger partial charge in [-0.05, 0) is 74.9 Å². The number of aromatic nitrogens is 2. The third-order valence-electron chi connectivity index (χ3n) is 8.24. The van der Waals surface area contributed by atoms with Crippen LogP contribution in [0.25, 0.3) is 11.3 Å². The Labute approximate surface area is 220 Å². The Morgan fingerprint density at radius 3 is 2.35 bits per heavy atom. The molecule has 1 atom stereocenters. The number of benzene rings is 2. The van der Waals surface area contributed by atoms with Crippen LogP contribution in [0.5, 0.6) is 0 Å². The molecule has 1 saturated carbocycles. The average Bonchev–Trinajstić information content (AvgIpc) is 3.14. The Morgan fingerprint density at radius 2 is 1.70 bits per heavy atom. The lowest BCUT2D eigenvalue weighted by Crippen LogP contribution is -2.65. The molecule has 1 fully saturated rings. The number of fused-ring (bicyclic) bond motifs is 1. The van der Waals surface area contributed by atoms with E-state index in [2.05, 4.69) is 43.4 Å². The normalized spacial score (nSPS) is 20.4. The molecule has 0 saturated heterocycles. The SMILES string of the molecule is CCc1ccc(-c2cc3n(n2)C[C@@](C)(C(=O)NC2CCCCCC2)N(c2ccc(C)c(C)c2)C3=O)cc1. The van der Waals surface area contributed by atoms with Crippen LogP contribution in [0.15, 0.2) is 48.5 Å². The van der Waals surface area contributed by atoms with E-state index in [1.807, 2.05) is 38.1 Å². The van der Waals surface area contributed by atoms with E-state index >= 15 is 0 Å². The number of carbonyl (C=O) groups is 2. The zero-order valence-corrected chi connectivity index (χ0v) is 22.5. The molecule has 2 heterocycles. The van der Waals surface area contributed by atoms with Crippen molar-refractivity contribution >= 4 is 17.5 Å². The lowest BCUT2D eigenvalue weighted by Gasteiger charge is -2.44. The molecule has 1 N–H and O–H groups in total. The van der Waals surface area contributed by atoms with Gasteiger partial charge in [-0.15, -0.1) is 0 Å². The Bertz CT molecular complexity index is 1300. The van der Waals surface area contributed by atoms with Crippen LogP contribution < -0.4 is 10.2 Å². The largest absolute Gasteiger partial charge is 0.351 e. The first kappa shape index (κ1) is 25.2. The molecule has 194 valence electrons. The maximum atomic E-state index is 14.1. The number of nitrogens with zero attached hydrogens (tertiary/aromatic N) is 3. The summed E-state index contributed by atoms with van der Waals surface area (Å²) in [6.45, 7) is 8.41. The summed E-state index contributed by atoms with van der Waals surface area (Å²) in [5.41, 5.74) is 5.36. The molecule has 2 aliphatic rings. The second-order valence-electron chi connectivity index (χ2n) is 11.0. The van der Waals surface area contributed by atoms with Gasteiger partial charge in [-0.25, -0.2) is 0 Å². The molecule has 0 unspecified atom stereocenters. The first-order valence-corrected chi connectivity index (χ1v) is 13.7. The Balaban J connectivity index is 1.55. The fourth-order valence-electron chi connectivity index (χ4n) is 5.67. The quantitative estimate of drug-likeness (QED) is 0.440. The average molecular weight is 499 g/mol. The molecular weight excluding hydrogens is 460 g/mol. The van der Waals surface area contributed by atoms with E-state index in [1.54, 1.807) is 9.58 Å². The van der Waals surface area contributed by atoms with E-state index in [4.69, 9.17) is 5.10 Å². The molecule has 5 rings (SSSR count). The molecule has 1 aliphatic heterocycles. The fraction of sp³-hybridized carbons (Fsp3) is 0.452. The van der Waals surface area contributed by atoms with Crippen molar-refractivity contribution < 1.29 is 9.59 Å². The van der Waals surface area contributed by atoms with E-state index in [-0.39, 0.29) is 17.9 Å². The summed E-state index contributed by atoms with van der Waals surface area (Å²) in [5, 5.41) is 8.14. The van der Waals surface area contributed by atoms with E-state index in [0.29, 0.717) is 12.2 Å². The predicted molar refractivity (Wildman–Crippen MR) is 148 cm³/mol. The first-order valence-electron chi connectivity index (χ1n) is 13.7. The lowest BCUT2D eigenvalue weighted by atomic mass is 9.92. The number of hydrogen-bond donors (Lipinski definition) is 1. The summed E-state index contributed by atoms with van der Waals surface area (Å²) in [7, 11) is 0. The first-order chi connectivity index (χ1) is 17.8. The van der Waals surface area contributed by atoms with Crippen LogP contribution in [0.3, 0.4) is 0 Å². The predicted octanol–water partition coefficient (Wildman–Crippen LogP) is 5.99. The van der Waals surface area contributed by atoms with Crippen LogP contribution in [-0.4, -0.2) is 33.2 Å². The summed E-state index contributed by atoms with van der Waals surface area (Å²) in [5.74, 6) is -0.307. The lowest BCUT2D eigenvalue weighted by molar-refractivity contribution is -0.127. The Morgan fingerprint density at radius 1 is 1.00 bits per heavy atom. The molecule has 2 amide bonds. The minimum absolute atomic E-state index is 0.110. The molecule has 0 spiro atoms. The van der Waals surface area contributed by atoms with Gasteiger partial charge < -0.3 is 5.32 Å². The number of anilines is 1. The summed E-state index contributed by atoms with van der Waals surface area (Å²) in [6, 6.07) is 16.3. The molecule has 0 radical (unpaired) electrons. The van der Waals surface area contributed by atoms with Crippen molar-refractivity contribution in [1.82, 2.24) is 15.1 Å². The summed E-state index contributed by atoms with van der Waals surface area (Å²) < 4.78 is 1.73. The number of amides is 2. The maximum Gasteiger partial charge on any atom is 0.277 e. The van der Waals surface area contributed by atoms with Gasteiger partial charge in [0.15, 0.2) is 0 Å². The van der Waals surface area contributed by atoms with E-state index in [9.17, 15) is 9.59 Å². The van der Waals surface area contributed by atoms with Crippen LogP contribution in [-0.2, 0) is 17.8 Å². The fourth-order valence-corrected chi connectivity index (χ4v) is 5.67. The molecule has 37 heavy (non-hydrogen) atoms. The zero-order valence-electron chi connectivity index (χ0n) is 22.5. The van der Waals surface area contributed by atoms with Crippen LogP contribution >= 0.6 is 0 Å². The van der Waals surface area contributed by atoms with Crippen molar-refractivity contribution in [2.75, 3.05) is 4.90 Å². The highest BCUT2D eigenvalue weighted by molar-refractivity contribution is 6.12. The van der Waals surface area contributed by atoms with Gasteiger partial charge >= 0.3 is 0 Å². The summed E-state index contributed by atoms with van der Waals surface area (Å²) in [6.07, 6.45) is 7.65. The summed E-state index contributed by atoms with van der Waals surface area (Å²) in [4.78, 5) is 29.8. The monoisotopic (exact) mass is 498 g/mol. The molecule has 3 aromatic rings. The van der Waals surface area contributed by atoms with Crippen LogP contribution in [0.1, 0.15) is 79.6 Å². The van der Waals surface area contributed by atoms with Crippen molar-refractivity contribution in [2.45, 2.75) is 90.8 Å². The second kappa shape index (κ2) is 10.2. The van der Waals surface area contributed by atoms with Gasteiger partial charge in [0.25, 0.3) is 5.91 Å². The van der Waals surface area contributed by atoms with Gasteiger partial charge in [-0.2, -0.15) is 5.10 Å². The molecule has 1 aromatic heterocycles. The van der Waals surface area contributed by atoms with Crippen LogP contribution in [0, 0.1) is 13.8 Å². The molecule has 2 aromatic carbocycles. The van der Waals surface area contributed by atoms with Gasteiger partial charge in [0, 0.05) is 17.3 Å². The number of aryl methyl sites for hydroxylation is 3. The van der Waals surface area contributed by atoms with Gasteiger partial charge in [0.1, 0.15) is 11.2 Å². The highest BCUT2D eigenvalue weighted by Gasteiger charge is 2.49. The minimum atomic E-state index is -1.10. The summed E-state index contributed by atoms with van der Waals surface area (Å²) >= 11 is 0. The molecule has 0 bridgehead atoms. The highest BCUT2D eigenvalue weighted by Crippen LogP contribution is 2.35. The van der Waals surface area contributed by atoms with Crippen LogP contribution in [0.2, 0.25) is 0 Å². The zero-order chi connectivity index (χ0) is 26.2. The number of hydrogen-bond acceptors (Lipinski definition) is 3. The van der Waals surface area contributed by atoms with Crippen molar-refractivity contribution in [3.8, 4) is 11.3 Å². The Hall–Kier alpha value is -3.41. The number of rotatable bonds is 5. The highest BCUT2D eigenvalue weighted by atomic mass is 16.2. The standard InChI is InChI=1S/C31H38N4O2/c1-5-23-13-15-24(16-14-23)27-19-28-29(36)35(26-17-12-21(2)22(3)18-26)31(4,20-34(28)33-27)30(37)32-25-10-8-6-7-9-11-25/h12-19,25H,5-11,20H2,1-4H3,(H,32,37)/t31-/m0/s1. The van der Waals surface area contributed by atoms with Gasteiger partial charge in [-0.3, -0.25) is 19.2 Å². The molecule has 1 aliphatic carbocycles. The van der Waals surface area contributed by atoms with E-state index in [0.717, 1.165) is 60.2 Å². The van der Waals surface area contributed by atoms with Crippen molar-refractivity contribution in [3.05, 3.63) is 70.9 Å². The third-order valence-corrected chi connectivity index (χ3v) is 8.24. The smallest absolute Gasteiger partial charge is 0.277 e. The van der Waals surface area contributed by atoms with Crippen LogP contribution in [0.4, 0.5) is 5.69 Å². The van der Waals surface area contributed by atoms with Crippen molar-refractivity contribution in [1.29, 1.82) is 0 Å².